The van der Waals surface area contributed by atoms with E-state index in [0.717, 1.165) is 32.0 Å². The van der Waals surface area contributed by atoms with Crippen LogP contribution in [0.5, 0.6) is 0 Å². The van der Waals surface area contributed by atoms with E-state index < -0.39 is 20.2 Å². The van der Waals surface area contributed by atoms with E-state index in [2.05, 4.69) is 20.2 Å². The summed E-state index contributed by atoms with van der Waals surface area (Å²) in [6, 6.07) is 6.86. The number of halogens is 3. The van der Waals surface area contributed by atoms with Crippen molar-refractivity contribution in [1.82, 2.24) is 9.97 Å². The van der Waals surface area contributed by atoms with Gasteiger partial charge in [0.15, 0.2) is 0 Å². The minimum Gasteiger partial charge on any atom is -0.384 e. The summed E-state index contributed by atoms with van der Waals surface area (Å²) >= 11 is 0. The molecule has 1 fully saturated rings. The van der Waals surface area contributed by atoms with Crippen LogP contribution in [0.15, 0.2) is 47.6 Å². The molecule has 0 bridgehead atoms. The number of benzene rings is 1. The second-order valence-corrected chi connectivity index (χ2v) is 8.22. The molecule has 1 aliphatic rings. The van der Waals surface area contributed by atoms with Gasteiger partial charge in [0.25, 0.3) is 9.84 Å². The Morgan fingerprint density at radius 3 is 2.33 bits per heavy atom. The molecule has 0 unspecified atom stereocenters. The molecule has 1 aromatic carbocycles. The van der Waals surface area contributed by atoms with Crippen LogP contribution in [0.4, 0.5) is 24.8 Å². The molecule has 10 heteroatoms. The third kappa shape index (κ3) is 4.32. The number of hydrogen-bond acceptors (Lipinski definition) is 6. The number of alkyl halides is 3. The molecule has 0 aliphatic carbocycles. The Kier molecular flexibility index (Phi) is 5.54. The van der Waals surface area contributed by atoms with Crippen molar-refractivity contribution in [1.29, 1.82) is 0 Å². The molecular weight excluding hydrogens is 381 g/mol. The van der Waals surface area contributed by atoms with Crippen LogP contribution >= 0.6 is 0 Å². The predicted molar refractivity (Wildman–Crippen MR) is 95.1 cm³/mol. The van der Waals surface area contributed by atoms with Gasteiger partial charge in [0, 0.05) is 32.0 Å². The summed E-state index contributed by atoms with van der Waals surface area (Å²) in [5.74, 6) is 0.872. The van der Waals surface area contributed by atoms with E-state index in [4.69, 9.17) is 0 Å². The zero-order valence-corrected chi connectivity index (χ0v) is 15.2. The van der Waals surface area contributed by atoms with E-state index in [-0.39, 0.29) is 11.6 Å². The lowest BCUT2D eigenvalue weighted by atomic mass is 9.97. The summed E-state index contributed by atoms with van der Waals surface area (Å²) in [7, 11) is -5.39. The molecule has 27 heavy (non-hydrogen) atoms. The van der Waals surface area contributed by atoms with Gasteiger partial charge in [0.05, 0.1) is 10.6 Å². The molecule has 146 valence electrons. The lowest BCUT2D eigenvalue weighted by Crippen LogP contribution is -2.37. The number of para-hydroxylation sites is 1. The van der Waals surface area contributed by atoms with E-state index in [9.17, 15) is 21.6 Å². The van der Waals surface area contributed by atoms with Gasteiger partial charge in [-0.05, 0) is 37.0 Å². The van der Waals surface area contributed by atoms with E-state index in [1.54, 1.807) is 18.5 Å². The second kappa shape index (κ2) is 7.71. The third-order valence-electron chi connectivity index (χ3n) is 4.51. The molecule has 6 nitrogen and oxygen atoms in total. The van der Waals surface area contributed by atoms with Crippen molar-refractivity contribution in [3.8, 4) is 0 Å². The summed E-state index contributed by atoms with van der Waals surface area (Å²) in [6.45, 7) is 1.87. The van der Waals surface area contributed by atoms with Crippen molar-refractivity contribution in [3.63, 3.8) is 0 Å². The summed E-state index contributed by atoms with van der Waals surface area (Å²) in [5.41, 5.74) is -5.35. The third-order valence-corrected chi connectivity index (χ3v) is 6.06. The molecule has 1 saturated heterocycles. The first-order chi connectivity index (χ1) is 12.8. The van der Waals surface area contributed by atoms with Crippen molar-refractivity contribution in [2.24, 2.45) is 5.92 Å². The molecule has 0 spiro atoms. The van der Waals surface area contributed by atoms with Crippen LogP contribution in [0.1, 0.15) is 12.8 Å². The highest BCUT2D eigenvalue weighted by molar-refractivity contribution is 7.92. The fraction of sp³-hybridized carbons (Fsp3) is 0.412. The molecule has 2 heterocycles. The summed E-state index contributed by atoms with van der Waals surface area (Å²) in [6.07, 6.45) is 4.96. The quantitative estimate of drug-likeness (QED) is 0.831. The first-order valence-corrected chi connectivity index (χ1v) is 9.93. The average molecular weight is 400 g/mol. The number of nitrogens with zero attached hydrogens (tertiary/aromatic N) is 3. The van der Waals surface area contributed by atoms with E-state index in [1.807, 2.05) is 0 Å². The van der Waals surface area contributed by atoms with Crippen molar-refractivity contribution in [3.05, 3.63) is 42.7 Å². The SMILES string of the molecule is O=S(=O)(c1ccccc1NCC1CCN(c2ncccn2)CC1)C(F)(F)F. The Morgan fingerprint density at radius 2 is 1.70 bits per heavy atom. The second-order valence-electron chi connectivity index (χ2n) is 6.31. The molecule has 2 aromatic rings. The van der Waals surface area contributed by atoms with Gasteiger partial charge in [0.2, 0.25) is 5.95 Å². The summed E-state index contributed by atoms with van der Waals surface area (Å²) < 4.78 is 62.1. The Hall–Kier alpha value is -2.36. The number of piperidine rings is 1. The number of sulfone groups is 1. The van der Waals surface area contributed by atoms with Crippen LogP contribution < -0.4 is 10.2 Å². The predicted octanol–water partition coefficient (Wildman–Crippen LogP) is 3.10. The van der Waals surface area contributed by atoms with Crippen molar-refractivity contribution in [2.45, 2.75) is 23.2 Å². The summed E-state index contributed by atoms with van der Waals surface area (Å²) in [5, 5.41) is 2.89. The van der Waals surface area contributed by atoms with Gasteiger partial charge in [-0.25, -0.2) is 18.4 Å². The number of nitrogens with one attached hydrogen (secondary N) is 1. The van der Waals surface area contributed by atoms with Crippen LogP contribution in [-0.4, -0.2) is 43.5 Å². The maximum Gasteiger partial charge on any atom is 0.501 e. The highest BCUT2D eigenvalue weighted by Crippen LogP contribution is 2.34. The molecular formula is C17H19F3N4O2S. The van der Waals surface area contributed by atoms with Crippen LogP contribution in [0.3, 0.4) is 0 Å². The Labute approximate surface area is 155 Å². The first-order valence-electron chi connectivity index (χ1n) is 8.45. The van der Waals surface area contributed by atoms with Gasteiger partial charge < -0.3 is 10.2 Å². The van der Waals surface area contributed by atoms with E-state index in [1.165, 1.54) is 18.2 Å². The minimum atomic E-state index is -5.39. The number of hydrogen-bond donors (Lipinski definition) is 1. The highest BCUT2D eigenvalue weighted by Gasteiger charge is 2.47. The van der Waals surface area contributed by atoms with Gasteiger partial charge in [-0.1, -0.05) is 12.1 Å². The minimum absolute atomic E-state index is 0.0244. The van der Waals surface area contributed by atoms with Gasteiger partial charge >= 0.3 is 5.51 Å². The smallest absolute Gasteiger partial charge is 0.384 e. The first kappa shape index (κ1) is 19.4. The van der Waals surface area contributed by atoms with Gasteiger partial charge in [-0.3, -0.25) is 0 Å². The van der Waals surface area contributed by atoms with Crippen LogP contribution in [0.25, 0.3) is 0 Å². The van der Waals surface area contributed by atoms with Crippen molar-refractivity contribution in [2.75, 3.05) is 29.9 Å². The topological polar surface area (TPSA) is 75.2 Å². The zero-order valence-electron chi connectivity index (χ0n) is 14.4. The molecule has 0 atom stereocenters. The molecule has 1 aromatic heterocycles. The fourth-order valence-corrected chi connectivity index (χ4v) is 3.95. The monoisotopic (exact) mass is 400 g/mol. The lowest BCUT2D eigenvalue weighted by Gasteiger charge is -2.32. The Bertz CT molecular complexity index is 867. The van der Waals surface area contributed by atoms with Crippen molar-refractivity contribution < 1.29 is 21.6 Å². The largest absolute Gasteiger partial charge is 0.501 e. The maximum absolute atomic E-state index is 12.9. The molecule has 0 radical (unpaired) electrons. The number of anilines is 2. The van der Waals surface area contributed by atoms with Gasteiger partial charge in [-0.2, -0.15) is 13.2 Å². The molecule has 1 aliphatic heterocycles. The molecule has 0 amide bonds. The normalized spacial score (nSPS) is 16.3. The van der Waals surface area contributed by atoms with E-state index in [0.29, 0.717) is 12.5 Å². The lowest BCUT2D eigenvalue weighted by molar-refractivity contribution is -0.0435. The summed E-state index contributed by atoms with van der Waals surface area (Å²) in [4.78, 5) is 9.73. The van der Waals surface area contributed by atoms with Crippen LogP contribution in [-0.2, 0) is 9.84 Å². The molecule has 1 N–H and O–H groups in total. The Morgan fingerprint density at radius 1 is 1.07 bits per heavy atom. The maximum atomic E-state index is 12.9. The molecule has 3 rings (SSSR count). The van der Waals surface area contributed by atoms with Crippen LogP contribution in [0.2, 0.25) is 0 Å². The van der Waals surface area contributed by atoms with Crippen LogP contribution in [0, 0.1) is 5.92 Å². The Balaban J connectivity index is 1.62. The van der Waals surface area contributed by atoms with E-state index >= 15 is 0 Å². The van der Waals surface area contributed by atoms with Gasteiger partial charge in [0.1, 0.15) is 0 Å². The highest BCUT2D eigenvalue weighted by atomic mass is 32.2. The standard InChI is InChI=1S/C17H19F3N4O2S/c18-17(19,20)27(25,26)15-5-2-1-4-14(15)23-12-13-6-10-24(11-7-13)16-21-8-3-9-22-16/h1-5,8-9,13,23H,6-7,10-12H2. The number of rotatable bonds is 5. The molecule has 0 saturated carbocycles. The average Bonchev–Trinajstić information content (AvgIpc) is 2.67. The van der Waals surface area contributed by atoms with Gasteiger partial charge in [-0.15, -0.1) is 0 Å². The van der Waals surface area contributed by atoms with Crippen molar-refractivity contribution >= 4 is 21.5 Å². The zero-order chi connectivity index (χ0) is 19.5. The fourth-order valence-electron chi connectivity index (χ4n) is 3.02. The number of aromatic nitrogens is 2.